The zero-order valence-electron chi connectivity index (χ0n) is 15.2. The smallest absolute Gasteiger partial charge is 0.262 e. The van der Waals surface area contributed by atoms with Gasteiger partial charge in [-0.05, 0) is 55.7 Å². The summed E-state index contributed by atoms with van der Waals surface area (Å²) in [6.45, 7) is 7.77. The van der Waals surface area contributed by atoms with E-state index >= 15 is 0 Å². The molecule has 0 bridgehead atoms. The predicted octanol–water partition coefficient (Wildman–Crippen LogP) is 4.41. The molecule has 0 radical (unpaired) electrons. The topological polar surface area (TPSA) is 64.6 Å². The number of anilines is 1. The number of rotatable bonds is 7. The van der Waals surface area contributed by atoms with E-state index < -0.39 is 10.0 Å². The average Bonchev–Trinajstić information content (AvgIpc) is 2.55. The van der Waals surface area contributed by atoms with Crippen LogP contribution in [-0.4, -0.2) is 21.6 Å². The normalized spacial score (nSPS) is 11.6. The monoisotopic (exact) mass is 363 g/mol. The second kappa shape index (κ2) is 7.78. The van der Waals surface area contributed by atoms with E-state index in [0.717, 1.165) is 5.56 Å². The average molecular weight is 363 g/mol. The molecule has 0 saturated heterocycles. The van der Waals surface area contributed by atoms with E-state index in [-0.39, 0.29) is 16.9 Å². The Morgan fingerprint density at radius 1 is 0.960 bits per heavy atom. The maximum absolute atomic E-state index is 12.8. The van der Waals surface area contributed by atoms with Crippen molar-refractivity contribution in [2.24, 2.45) is 0 Å². The summed E-state index contributed by atoms with van der Waals surface area (Å²) in [6.07, 6.45) is -0.0563. The van der Waals surface area contributed by atoms with E-state index in [1.807, 2.05) is 27.7 Å². The first-order valence-electron chi connectivity index (χ1n) is 8.21. The van der Waals surface area contributed by atoms with Crippen molar-refractivity contribution in [1.29, 1.82) is 0 Å². The summed E-state index contributed by atoms with van der Waals surface area (Å²) in [5.41, 5.74) is 1.26. The molecule has 1 N–H and O–H groups in total. The van der Waals surface area contributed by atoms with Crippen molar-refractivity contribution < 1.29 is 17.9 Å². The van der Waals surface area contributed by atoms with Crippen LogP contribution in [0.3, 0.4) is 0 Å². The minimum Gasteiger partial charge on any atom is -0.496 e. The number of para-hydroxylation sites is 2. The summed E-state index contributed by atoms with van der Waals surface area (Å²) in [4.78, 5) is 0.191. The first-order chi connectivity index (χ1) is 11.7. The first-order valence-corrected chi connectivity index (χ1v) is 9.69. The molecular weight excluding hydrogens is 338 g/mol. The number of benzene rings is 2. The molecule has 2 aromatic rings. The molecule has 5 nitrogen and oxygen atoms in total. The summed E-state index contributed by atoms with van der Waals surface area (Å²) in [5.74, 6) is 1.32. The van der Waals surface area contributed by atoms with E-state index in [1.54, 1.807) is 49.6 Å². The highest BCUT2D eigenvalue weighted by molar-refractivity contribution is 7.92. The Morgan fingerprint density at radius 2 is 1.64 bits per heavy atom. The molecule has 0 aliphatic heterocycles. The van der Waals surface area contributed by atoms with Crippen LogP contribution in [0.15, 0.2) is 47.4 Å². The summed E-state index contributed by atoms with van der Waals surface area (Å²) in [6, 6.07) is 11.9. The number of hydrogen-bond donors (Lipinski definition) is 1. The summed E-state index contributed by atoms with van der Waals surface area (Å²) < 4.78 is 39.2. The standard InChI is InChI=1S/C19H25NO4S/c1-13(2)16-12-15(10-11-18(16)23-5)25(21,22)20-17-8-6-7-9-19(17)24-14(3)4/h6-14,20H,1-5H3. The van der Waals surface area contributed by atoms with Crippen molar-refractivity contribution in [3.63, 3.8) is 0 Å². The van der Waals surface area contributed by atoms with Crippen LogP contribution in [-0.2, 0) is 10.0 Å². The van der Waals surface area contributed by atoms with Gasteiger partial charge in [-0.3, -0.25) is 4.72 Å². The number of sulfonamides is 1. The third-order valence-electron chi connectivity index (χ3n) is 3.63. The van der Waals surface area contributed by atoms with Crippen molar-refractivity contribution in [3.05, 3.63) is 48.0 Å². The molecule has 0 atom stereocenters. The van der Waals surface area contributed by atoms with Gasteiger partial charge in [0.25, 0.3) is 10.0 Å². The van der Waals surface area contributed by atoms with Crippen molar-refractivity contribution in [1.82, 2.24) is 0 Å². The molecule has 0 amide bonds. The lowest BCUT2D eigenvalue weighted by molar-refractivity contribution is 0.244. The minimum atomic E-state index is -3.74. The van der Waals surface area contributed by atoms with Crippen LogP contribution in [0.4, 0.5) is 5.69 Å². The molecule has 0 saturated carbocycles. The number of ether oxygens (including phenoxy) is 2. The largest absolute Gasteiger partial charge is 0.496 e. The summed E-state index contributed by atoms with van der Waals surface area (Å²) in [7, 11) is -2.16. The van der Waals surface area contributed by atoms with Gasteiger partial charge in [-0.25, -0.2) is 8.42 Å². The number of nitrogens with one attached hydrogen (secondary N) is 1. The molecule has 0 unspecified atom stereocenters. The fourth-order valence-electron chi connectivity index (χ4n) is 2.44. The molecular formula is C19H25NO4S. The third kappa shape index (κ3) is 4.66. The second-order valence-corrected chi connectivity index (χ2v) is 8.01. The summed E-state index contributed by atoms with van der Waals surface area (Å²) >= 11 is 0. The molecule has 0 aliphatic carbocycles. The highest BCUT2D eigenvalue weighted by atomic mass is 32.2. The lowest BCUT2D eigenvalue weighted by Crippen LogP contribution is -2.15. The van der Waals surface area contributed by atoms with Crippen LogP contribution >= 0.6 is 0 Å². The Morgan fingerprint density at radius 3 is 2.24 bits per heavy atom. The van der Waals surface area contributed by atoms with E-state index in [1.165, 1.54) is 0 Å². The van der Waals surface area contributed by atoms with E-state index in [2.05, 4.69) is 4.72 Å². The third-order valence-corrected chi connectivity index (χ3v) is 4.99. The first kappa shape index (κ1) is 19.1. The Kier molecular flexibility index (Phi) is 5.95. The van der Waals surface area contributed by atoms with Crippen LogP contribution in [0, 0.1) is 0 Å². The molecule has 0 spiro atoms. The molecule has 6 heteroatoms. The van der Waals surface area contributed by atoms with Crippen LogP contribution < -0.4 is 14.2 Å². The maximum Gasteiger partial charge on any atom is 0.262 e. The zero-order chi connectivity index (χ0) is 18.6. The van der Waals surface area contributed by atoms with Gasteiger partial charge >= 0.3 is 0 Å². The van der Waals surface area contributed by atoms with Crippen LogP contribution in [0.2, 0.25) is 0 Å². The molecule has 0 aliphatic rings. The van der Waals surface area contributed by atoms with Gasteiger partial charge in [0.2, 0.25) is 0 Å². The van der Waals surface area contributed by atoms with E-state index in [0.29, 0.717) is 17.2 Å². The van der Waals surface area contributed by atoms with Crippen molar-refractivity contribution >= 4 is 15.7 Å². The zero-order valence-corrected chi connectivity index (χ0v) is 16.1. The molecule has 136 valence electrons. The fraction of sp³-hybridized carbons (Fsp3) is 0.368. The van der Waals surface area contributed by atoms with E-state index in [4.69, 9.17) is 9.47 Å². The molecule has 2 aromatic carbocycles. The molecule has 25 heavy (non-hydrogen) atoms. The van der Waals surface area contributed by atoms with Crippen LogP contribution in [0.1, 0.15) is 39.2 Å². The van der Waals surface area contributed by atoms with Crippen molar-refractivity contribution in [2.45, 2.75) is 44.6 Å². The maximum atomic E-state index is 12.8. The lowest BCUT2D eigenvalue weighted by Gasteiger charge is -2.17. The quantitative estimate of drug-likeness (QED) is 0.791. The van der Waals surface area contributed by atoms with Gasteiger partial charge in [-0.15, -0.1) is 0 Å². The van der Waals surface area contributed by atoms with Gasteiger partial charge in [0, 0.05) is 0 Å². The Hall–Kier alpha value is -2.21. The Labute approximate surface area is 150 Å². The summed E-state index contributed by atoms with van der Waals surface area (Å²) in [5, 5.41) is 0. The molecule has 2 rings (SSSR count). The predicted molar refractivity (Wildman–Crippen MR) is 100 cm³/mol. The minimum absolute atomic E-state index is 0.0563. The lowest BCUT2D eigenvalue weighted by atomic mass is 10.0. The molecule has 0 fully saturated rings. The van der Waals surface area contributed by atoms with Gasteiger partial charge in [-0.1, -0.05) is 26.0 Å². The van der Waals surface area contributed by atoms with Crippen LogP contribution in [0.25, 0.3) is 0 Å². The van der Waals surface area contributed by atoms with Gasteiger partial charge in [0.05, 0.1) is 23.8 Å². The van der Waals surface area contributed by atoms with Crippen LogP contribution in [0.5, 0.6) is 11.5 Å². The molecule has 0 aromatic heterocycles. The van der Waals surface area contributed by atoms with Gasteiger partial charge in [0.1, 0.15) is 11.5 Å². The highest BCUT2D eigenvalue weighted by Crippen LogP contribution is 2.31. The van der Waals surface area contributed by atoms with Gasteiger partial charge < -0.3 is 9.47 Å². The van der Waals surface area contributed by atoms with E-state index in [9.17, 15) is 8.42 Å². The number of methoxy groups -OCH3 is 1. The number of hydrogen-bond acceptors (Lipinski definition) is 4. The Balaban J connectivity index is 2.39. The Bertz CT molecular complexity index is 829. The van der Waals surface area contributed by atoms with Crippen molar-refractivity contribution in [3.8, 4) is 11.5 Å². The second-order valence-electron chi connectivity index (χ2n) is 6.33. The highest BCUT2D eigenvalue weighted by Gasteiger charge is 2.19. The molecule has 0 heterocycles. The van der Waals surface area contributed by atoms with Crippen molar-refractivity contribution in [2.75, 3.05) is 11.8 Å². The fourth-order valence-corrected chi connectivity index (χ4v) is 3.55. The van der Waals surface area contributed by atoms with Gasteiger partial charge in [-0.2, -0.15) is 0 Å². The SMILES string of the molecule is COc1ccc(S(=O)(=O)Nc2ccccc2OC(C)C)cc1C(C)C. The van der Waals surface area contributed by atoms with Gasteiger partial charge in [0.15, 0.2) is 0 Å².